The summed E-state index contributed by atoms with van der Waals surface area (Å²) >= 11 is 0. The van der Waals surface area contributed by atoms with Crippen LogP contribution in [0.3, 0.4) is 0 Å². The molecule has 0 radical (unpaired) electrons. The van der Waals surface area contributed by atoms with Gasteiger partial charge in [-0.1, -0.05) is 0 Å². The third-order valence-corrected chi connectivity index (χ3v) is 2.84. The maximum atomic E-state index is 13.0. The smallest absolute Gasteiger partial charge is 0.409 e. The second kappa shape index (κ2) is 6.49. The predicted molar refractivity (Wildman–Crippen MR) is 67.6 cm³/mol. The Morgan fingerprint density at radius 1 is 1.20 bits per heavy atom. The Morgan fingerprint density at radius 2 is 1.75 bits per heavy atom. The number of alkyl halides is 3. The van der Waals surface area contributed by atoms with E-state index in [2.05, 4.69) is 10.1 Å². The third kappa shape index (κ3) is 4.04. The van der Waals surface area contributed by atoms with Gasteiger partial charge in [0.2, 0.25) is 0 Å². The lowest BCUT2D eigenvalue weighted by molar-refractivity contribution is -0.169. The van der Waals surface area contributed by atoms with E-state index in [-0.39, 0.29) is 5.69 Å². The molecule has 0 aliphatic heterocycles. The molecule has 4 nitrogen and oxygen atoms in total. The maximum absolute atomic E-state index is 13.0. The summed E-state index contributed by atoms with van der Waals surface area (Å²) in [6.45, 7) is 1.17. The Bertz CT molecular complexity index is 445. The number of nitrogens with one attached hydrogen (secondary N) is 1. The van der Waals surface area contributed by atoms with Crippen LogP contribution < -0.4 is 10.1 Å². The first kappa shape index (κ1) is 16.1. The van der Waals surface area contributed by atoms with Crippen LogP contribution in [-0.2, 0) is 9.53 Å². The molecule has 1 aromatic rings. The molecule has 0 aromatic heterocycles. The van der Waals surface area contributed by atoms with Gasteiger partial charge >= 0.3 is 12.1 Å². The molecule has 112 valence electrons. The summed E-state index contributed by atoms with van der Waals surface area (Å²) in [5.41, 5.74) is 0.240. The lowest BCUT2D eigenvalue weighted by atomic mass is 10.0. The topological polar surface area (TPSA) is 47.6 Å². The highest BCUT2D eigenvalue weighted by Crippen LogP contribution is 2.30. The number of anilines is 1. The Kier molecular flexibility index (Phi) is 5.24. The first-order valence-corrected chi connectivity index (χ1v) is 5.84. The van der Waals surface area contributed by atoms with Crippen LogP contribution in [0.1, 0.15) is 6.92 Å². The molecule has 1 rings (SSSR count). The van der Waals surface area contributed by atoms with Gasteiger partial charge in [0.1, 0.15) is 11.8 Å². The number of hydrogen-bond donors (Lipinski definition) is 1. The van der Waals surface area contributed by atoms with E-state index in [9.17, 15) is 18.0 Å². The molecule has 0 aliphatic carbocycles. The van der Waals surface area contributed by atoms with Crippen molar-refractivity contribution in [2.45, 2.75) is 19.1 Å². The molecule has 7 heteroatoms. The summed E-state index contributed by atoms with van der Waals surface area (Å²) < 4.78 is 48.3. The van der Waals surface area contributed by atoms with Crippen LogP contribution in [-0.4, -0.2) is 32.4 Å². The van der Waals surface area contributed by atoms with Crippen molar-refractivity contribution in [2.24, 2.45) is 5.92 Å². The van der Waals surface area contributed by atoms with Gasteiger partial charge in [-0.05, 0) is 31.2 Å². The fourth-order valence-corrected chi connectivity index (χ4v) is 1.68. The highest BCUT2D eigenvalue weighted by atomic mass is 19.4. The van der Waals surface area contributed by atoms with E-state index in [1.54, 1.807) is 0 Å². The first-order valence-electron chi connectivity index (χ1n) is 5.84. The molecule has 1 aromatic carbocycles. The van der Waals surface area contributed by atoms with E-state index in [0.29, 0.717) is 5.75 Å². The standard InChI is InChI=1S/C13H16F3NO3/c1-8(12(18)20-3)11(13(14,15)16)17-9-4-6-10(19-2)7-5-9/h4-8,11,17H,1-3H3/t8-,11-/m0/s1. The second-order valence-electron chi connectivity index (χ2n) is 4.20. The molecule has 0 saturated carbocycles. The van der Waals surface area contributed by atoms with Crippen molar-refractivity contribution >= 4 is 11.7 Å². The van der Waals surface area contributed by atoms with Crippen LogP contribution in [0, 0.1) is 5.92 Å². The minimum absolute atomic E-state index is 0.240. The maximum Gasteiger partial charge on any atom is 0.409 e. The van der Waals surface area contributed by atoms with Crippen LogP contribution >= 0.6 is 0 Å². The molecule has 0 bridgehead atoms. The molecule has 1 N–H and O–H groups in total. The van der Waals surface area contributed by atoms with E-state index in [1.807, 2.05) is 0 Å². The van der Waals surface area contributed by atoms with Crippen molar-refractivity contribution in [1.82, 2.24) is 0 Å². The van der Waals surface area contributed by atoms with E-state index in [1.165, 1.54) is 38.3 Å². The second-order valence-corrected chi connectivity index (χ2v) is 4.20. The van der Waals surface area contributed by atoms with Crippen molar-refractivity contribution in [2.75, 3.05) is 19.5 Å². The zero-order chi connectivity index (χ0) is 15.3. The molecule has 0 unspecified atom stereocenters. The predicted octanol–water partition coefficient (Wildman–Crippen LogP) is 2.85. The van der Waals surface area contributed by atoms with Gasteiger partial charge in [0, 0.05) is 5.69 Å². The summed E-state index contributed by atoms with van der Waals surface area (Å²) in [7, 11) is 2.51. The first-order chi connectivity index (χ1) is 9.29. The molecule has 2 atom stereocenters. The minimum Gasteiger partial charge on any atom is -0.497 e. The molecule has 0 fully saturated rings. The normalized spacial score (nSPS) is 14.3. The molecular formula is C13H16F3NO3. The van der Waals surface area contributed by atoms with Gasteiger partial charge in [0.15, 0.2) is 0 Å². The summed E-state index contributed by atoms with van der Waals surface area (Å²) in [5.74, 6) is -1.75. The minimum atomic E-state index is -4.58. The number of ether oxygens (including phenoxy) is 2. The van der Waals surface area contributed by atoms with Gasteiger partial charge in [-0.3, -0.25) is 4.79 Å². The summed E-state index contributed by atoms with van der Waals surface area (Å²) in [6.07, 6.45) is -4.58. The number of esters is 1. The van der Waals surface area contributed by atoms with Crippen LogP contribution in [0.15, 0.2) is 24.3 Å². The Hall–Kier alpha value is -1.92. The largest absolute Gasteiger partial charge is 0.497 e. The van der Waals surface area contributed by atoms with Crippen LogP contribution in [0.5, 0.6) is 5.75 Å². The average Bonchev–Trinajstić information content (AvgIpc) is 2.42. The van der Waals surface area contributed by atoms with Crippen molar-refractivity contribution in [3.05, 3.63) is 24.3 Å². The van der Waals surface area contributed by atoms with Gasteiger partial charge in [-0.25, -0.2) is 0 Å². The van der Waals surface area contributed by atoms with E-state index >= 15 is 0 Å². The van der Waals surface area contributed by atoms with Crippen molar-refractivity contribution in [3.63, 3.8) is 0 Å². The number of carbonyl (C=O) groups excluding carboxylic acids is 1. The quantitative estimate of drug-likeness (QED) is 0.847. The number of carbonyl (C=O) groups is 1. The highest BCUT2D eigenvalue weighted by Gasteiger charge is 2.46. The fourth-order valence-electron chi connectivity index (χ4n) is 1.68. The van der Waals surface area contributed by atoms with E-state index in [0.717, 1.165) is 7.11 Å². The monoisotopic (exact) mass is 291 g/mol. The zero-order valence-electron chi connectivity index (χ0n) is 11.3. The lowest BCUT2D eigenvalue weighted by Gasteiger charge is -2.26. The summed E-state index contributed by atoms with van der Waals surface area (Å²) in [5, 5.41) is 2.30. The van der Waals surface area contributed by atoms with Crippen molar-refractivity contribution < 1.29 is 27.4 Å². The van der Waals surface area contributed by atoms with Gasteiger partial charge in [0.25, 0.3) is 0 Å². The Balaban J connectivity index is 2.92. The number of methoxy groups -OCH3 is 2. The summed E-state index contributed by atoms with van der Waals surface area (Å²) in [6, 6.07) is 3.92. The van der Waals surface area contributed by atoms with Crippen LogP contribution in [0.2, 0.25) is 0 Å². The average molecular weight is 291 g/mol. The summed E-state index contributed by atoms with van der Waals surface area (Å²) in [4.78, 5) is 11.3. The molecule has 0 amide bonds. The van der Waals surface area contributed by atoms with Crippen LogP contribution in [0.4, 0.5) is 18.9 Å². The highest BCUT2D eigenvalue weighted by molar-refractivity contribution is 5.73. The Morgan fingerprint density at radius 3 is 2.15 bits per heavy atom. The third-order valence-electron chi connectivity index (χ3n) is 2.84. The molecular weight excluding hydrogens is 275 g/mol. The molecule has 0 spiro atoms. The van der Waals surface area contributed by atoms with Gasteiger partial charge in [0.05, 0.1) is 20.1 Å². The lowest BCUT2D eigenvalue weighted by Crippen LogP contribution is -2.44. The number of rotatable bonds is 5. The van der Waals surface area contributed by atoms with E-state index < -0.39 is 24.1 Å². The number of benzene rings is 1. The molecule has 20 heavy (non-hydrogen) atoms. The van der Waals surface area contributed by atoms with E-state index in [4.69, 9.17) is 4.74 Å². The molecule has 0 saturated heterocycles. The van der Waals surface area contributed by atoms with Gasteiger partial charge in [-0.15, -0.1) is 0 Å². The van der Waals surface area contributed by atoms with Crippen LogP contribution in [0.25, 0.3) is 0 Å². The molecule has 0 aliphatic rings. The number of hydrogen-bond acceptors (Lipinski definition) is 4. The zero-order valence-corrected chi connectivity index (χ0v) is 11.3. The number of halogens is 3. The molecule has 0 heterocycles. The van der Waals surface area contributed by atoms with Gasteiger partial charge < -0.3 is 14.8 Å². The van der Waals surface area contributed by atoms with Crippen molar-refractivity contribution in [1.29, 1.82) is 0 Å². The SMILES string of the molecule is COC(=O)[C@@H](C)[C@H](Nc1ccc(OC)cc1)C(F)(F)F. The van der Waals surface area contributed by atoms with Gasteiger partial charge in [-0.2, -0.15) is 13.2 Å². The fraction of sp³-hybridized carbons (Fsp3) is 0.462. The van der Waals surface area contributed by atoms with Crippen molar-refractivity contribution in [3.8, 4) is 5.75 Å². The Labute approximate surface area is 114 Å².